The Bertz CT molecular complexity index is 1070. The van der Waals surface area contributed by atoms with E-state index in [0.29, 0.717) is 23.7 Å². The normalized spacial score (nSPS) is 25.1. The predicted molar refractivity (Wildman–Crippen MR) is 113 cm³/mol. The van der Waals surface area contributed by atoms with Gasteiger partial charge < -0.3 is 14.8 Å². The largest absolute Gasteiger partial charge is 0.482 e. The fourth-order valence-electron chi connectivity index (χ4n) is 3.70. The summed E-state index contributed by atoms with van der Waals surface area (Å²) in [6, 6.07) is 8.72. The molecule has 0 saturated carbocycles. The van der Waals surface area contributed by atoms with Crippen molar-refractivity contribution >= 4 is 21.6 Å². The van der Waals surface area contributed by atoms with Gasteiger partial charge in [-0.15, -0.1) is 0 Å². The molecule has 1 fully saturated rings. The first-order valence-corrected chi connectivity index (χ1v) is 11.9. The van der Waals surface area contributed by atoms with Crippen LogP contribution in [0, 0.1) is 0 Å². The molecule has 30 heavy (non-hydrogen) atoms. The van der Waals surface area contributed by atoms with Gasteiger partial charge in [-0.2, -0.15) is 5.10 Å². The Labute approximate surface area is 176 Å². The van der Waals surface area contributed by atoms with Gasteiger partial charge in [-0.25, -0.2) is 13.1 Å². The summed E-state index contributed by atoms with van der Waals surface area (Å²) in [6.45, 7) is 7.84. The first-order chi connectivity index (χ1) is 14.0. The number of hydrogen-bond acceptors (Lipinski definition) is 6. The Balaban J connectivity index is 1.61. The number of rotatable bonds is 3. The van der Waals surface area contributed by atoms with Crippen LogP contribution in [-0.4, -0.2) is 47.8 Å². The lowest BCUT2D eigenvalue weighted by Crippen LogP contribution is -2.46. The molecule has 2 aromatic rings. The molecule has 8 nitrogen and oxygen atoms in total. The monoisotopic (exact) mass is 433 g/mol. The molecule has 0 bridgehead atoms. The molecule has 2 aliphatic rings. The van der Waals surface area contributed by atoms with Crippen LogP contribution in [0.3, 0.4) is 0 Å². The van der Waals surface area contributed by atoms with E-state index in [4.69, 9.17) is 9.47 Å². The number of hydrogen-bond donors (Lipinski definition) is 1. The lowest BCUT2D eigenvalue weighted by Gasteiger charge is -2.31. The van der Waals surface area contributed by atoms with E-state index in [-0.39, 0.29) is 28.9 Å². The van der Waals surface area contributed by atoms with Crippen LogP contribution in [0.15, 0.2) is 30.3 Å². The van der Waals surface area contributed by atoms with Crippen LogP contribution in [0.1, 0.15) is 45.9 Å². The number of nitrogens with zero attached hydrogens (tertiary/aromatic N) is 2. The molecule has 9 heteroatoms. The van der Waals surface area contributed by atoms with E-state index in [0.717, 1.165) is 5.69 Å². The summed E-state index contributed by atoms with van der Waals surface area (Å²) in [5.41, 5.74) is 0.528. The van der Waals surface area contributed by atoms with Crippen molar-refractivity contribution in [1.29, 1.82) is 0 Å². The number of benzene rings is 1. The topological polar surface area (TPSA) is 99.5 Å². The maximum absolute atomic E-state index is 13.1. The summed E-state index contributed by atoms with van der Waals surface area (Å²) in [4.78, 5) is 13.1. The van der Waals surface area contributed by atoms with E-state index in [2.05, 4.69) is 10.4 Å². The van der Waals surface area contributed by atoms with E-state index >= 15 is 0 Å². The molecule has 3 heterocycles. The Morgan fingerprint density at radius 2 is 1.87 bits per heavy atom. The number of anilines is 1. The Morgan fingerprint density at radius 3 is 2.47 bits per heavy atom. The molecular formula is C21H27N3O5S. The van der Waals surface area contributed by atoms with Crippen molar-refractivity contribution in [1.82, 2.24) is 9.78 Å². The van der Waals surface area contributed by atoms with Crippen LogP contribution in [0.5, 0.6) is 11.5 Å². The number of aromatic nitrogens is 2. The number of carbonyl (C=O) groups is 1. The van der Waals surface area contributed by atoms with Crippen molar-refractivity contribution < 1.29 is 22.7 Å². The van der Waals surface area contributed by atoms with Gasteiger partial charge in [0.25, 0.3) is 5.91 Å². The molecule has 0 aliphatic carbocycles. The van der Waals surface area contributed by atoms with E-state index in [1.165, 1.54) is 0 Å². The van der Waals surface area contributed by atoms with Crippen LogP contribution in [0.2, 0.25) is 0 Å². The van der Waals surface area contributed by atoms with Gasteiger partial charge in [0.1, 0.15) is 11.9 Å². The van der Waals surface area contributed by atoms with E-state index in [1.54, 1.807) is 23.7 Å². The summed E-state index contributed by atoms with van der Waals surface area (Å²) in [5.74, 6) is 1.38. The van der Waals surface area contributed by atoms with Gasteiger partial charge in [-0.05, 0) is 25.5 Å². The number of sulfone groups is 1. The van der Waals surface area contributed by atoms with Crippen molar-refractivity contribution in [2.75, 3.05) is 16.8 Å². The number of ether oxygens (including phenoxy) is 2. The molecule has 162 valence electrons. The third kappa shape index (κ3) is 4.03. The maximum atomic E-state index is 13.1. The van der Waals surface area contributed by atoms with Crippen LogP contribution < -0.4 is 14.8 Å². The highest BCUT2D eigenvalue weighted by Crippen LogP contribution is 2.35. The number of nitrogens with one attached hydrogen (secondary N) is 1. The summed E-state index contributed by atoms with van der Waals surface area (Å²) < 4.78 is 37.4. The molecule has 1 N–H and O–H groups in total. The second-order valence-electron chi connectivity index (χ2n) is 8.96. The van der Waals surface area contributed by atoms with Crippen LogP contribution >= 0.6 is 0 Å². The highest BCUT2D eigenvalue weighted by atomic mass is 32.2. The Morgan fingerprint density at radius 1 is 1.20 bits per heavy atom. The van der Waals surface area contributed by atoms with E-state index < -0.39 is 22.0 Å². The molecule has 2 aliphatic heterocycles. The van der Waals surface area contributed by atoms with Crippen LogP contribution in [-0.2, 0) is 20.0 Å². The molecule has 0 unspecified atom stereocenters. The fourth-order valence-corrected chi connectivity index (χ4v) is 5.40. The summed E-state index contributed by atoms with van der Waals surface area (Å²) >= 11 is 0. The van der Waals surface area contributed by atoms with E-state index in [1.807, 2.05) is 39.0 Å². The molecule has 1 saturated heterocycles. The zero-order chi connectivity index (χ0) is 21.7. The smallest absolute Gasteiger partial charge is 0.270 e. The van der Waals surface area contributed by atoms with Gasteiger partial charge in [-0.1, -0.05) is 32.9 Å². The molecule has 3 atom stereocenters. The number of fused-ring (bicyclic) bond motifs is 1. The molecule has 1 aromatic carbocycles. The second kappa shape index (κ2) is 7.30. The molecule has 0 spiro atoms. The number of carbonyl (C=O) groups excluding carboxylic acids is 1. The molecular weight excluding hydrogens is 406 g/mol. The highest BCUT2D eigenvalue weighted by Gasteiger charge is 2.37. The third-order valence-electron chi connectivity index (χ3n) is 5.41. The second-order valence-corrected chi connectivity index (χ2v) is 11.2. The zero-order valence-corrected chi connectivity index (χ0v) is 18.4. The van der Waals surface area contributed by atoms with Crippen LogP contribution in [0.4, 0.5) is 5.82 Å². The van der Waals surface area contributed by atoms with Crippen molar-refractivity contribution in [3.8, 4) is 11.5 Å². The Hall–Kier alpha value is -2.55. The highest BCUT2D eigenvalue weighted by molar-refractivity contribution is 7.91. The summed E-state index contributed by atoms with van der Waals surface area (Å²) in [6.07, 6.45) is -0.845. The summed E-state index contributed by atoms with van der Waals surface area (Å²) in [7, 11) is -3.10. The third-order valence-corrected chi connectivity index (χ3v) is 7.16. The number of para-hydroxylation sites is 2. The zero-order valence-electron chi connectivity index (χ0n) is 17.6. The minimum atomic E-state index is -3.10. The van der Waals surface area contributed by atoms with Crippen molar-refractivity contribution in [2.24, 2.45) is 0 Å². The molecule has 1 aromatic heterocycles. The average Bonchev–Trinajstić information content (AvgIpc) is 3.23. The SMILES string of the molecule is C[C@@H]1Oc2ccccc2O[C@H]1C(=O)Nc1cc(C(C)(C)C)nn1[C@@H]1CCS(=O)(=O)C1. The van der Waals surface area contributed by atoms with Gasteiger partial charge >= 0.3 is 0 Å². The quantitative estimate of drug-likeness (QED) is 0.799. The predicted octanol–water partition coefficient (Wildman–Crippen LogP) is 2.71. The minimum Gasteiger partial charge on any atom is -0.482 e. The van der Waals surface area contributed by atoms with E-state index in [9.17, 15) is 13.2 Å². The van der Waals surface area contributed by atoms with Gasteiger partial charge in [0, 0.05) is 11.5 Å². The first kappa shape index (κ1) is 20.7. The standard InChI is InChI=1S/C21H27N3O5S/c1-13-19(29-16-8-6-5-7-15(16)28-13)20(25)22-18-11-17(21(2,3)4)23-24(18)14-9-10-30(26,27)12-14/h5-8,11,13-14,19H,9-10,12H2,1-4H3,(H,22,25)/t13-,14+,19+/m0/s1. The van der Waals surface area contributed by atoms with Gasteiger partial charge in [0.05, 0.1) is 23.2 Å². The molecule has 0 radical (unpaired) electrons. The van der Waals surface area contributed by atoms with Crippen molar-refractivity contribution in [2.45, 2.75) is 57.8 Å². The van der Waals surface area contributed by atoms with Crippen molar-refractivity contribution in [3.05, 3.63) is 36.0 Å². The fraction of sp³-hybridized carbons (Fsp3) is 0.524. The maximum Gasteiger partial charge on any atom is 0.270 e. The van der Waals surface area contributed by atoms with Gasteiger partial charge in [0.2, 0.25) is 6.10 Å². The minimum absolute atomic E-state index is 0.0218. The lowest BCUT2D eigenvalue weighted by atomic mass is 9.92. The molecule has 4 rings (SSSR count). The molecule has 1 amide bonds. The number of amides is 1. The average molecular weight is 434 g/mol. The van der Waals surface area contributed by atoms with Crippen LogP contribution in [0.25, 0.3) is 0 Å². The van der Waals surface area contributed by atoms with Gasteiger partial charge in [-0.3, -0.25) is 4.79 Å². The summed E-state index contributed by atoms with van der Waals surface area (Å²) in [5, 5.41) is 7.55. The first-order valence-electron chi connectivity index (χ1n) is 10.1. The lowest BCUT2D eigenvalue weighted by molar-refractivity contribution is -0.128. The van der Waals surface area contributed by atoms with Crippen molar-refractivity contribution in [3.63, 3.8) is 0 Å². The van der Waals surface area contributed by atoms with Gasteiger partial charge in [0.15, 0.2) is 21.3 Å². The Kier molecular flexibility index (Phi) is 5.04.